The molecule has 74 valence electrons. The van der Waals surface area contributed by atoms with Crippen LogP contribution in [0.5, 0.6) is 0 Å². The van der Waals surface area contributed by atoms with Crippen molar-refractivity contribution in [3.05, 3.63) is 18.2 Å². The number of hydrogen-bond acceptors (Lipinski definition) is 2. The average Bonchev–Trinajstić information content (AvgIpc) is 2.54. The van der Waals surface area contributed by atoms with Gasteiger partial charge in [-0.3, -0.25) is 0 Å². The molecule has 1 heterocycles. The fourth-order valence-corrected chi connectivity index (χ4v) is 1.52. The minimum atomic E-state index is 0.403. The van der Waals surface area contributed by atoms with Crippen LogP contribution < -0.4 is 5.32 Å². The molecule has 1 aromatic heterocycles. The minimum Gasteiger partial charge on any atom is -0.337 e. The summed E-state index contributed by atoms with van der Waals surface area (Å²) in [5, 5.41) is 3.30. The molecule has 0 aromatic carbocycles. The first-order chi connectivity index (χ1) is 6.29. The number of aromatic nitrogens is 2. The zero-order chi connectivity index (χ0) is 9.68. The van der Waals surface area contributed by atoms with Crippen LogP contribution in [0.4, 0.5) is 0 Å². The van der Waals surface area contributed by atoms with Gasteiger partial charge in [-0.05, 0) is 13.5 Å². The van der Waals surface area contributed by atoms with Crippen molar-refractivity contribution in [2.75, 3.05) is 7.05 Å². The highest BCUT2D eigenvalue weighted by molar-refractivity contribution is 4.98. The smallest absolute Gasteiger partial charge is 0.125 e. The van der Waals surface area contributed by atoms with Gasteiger partial charge < -0.3 is 9.88 Å². The molecule has 0 aliphatic rings. The maximum atomic E-state index is 4.34. The van der Waals surface area contributed by atoms with Gasteiger partial charge in [0.15, 0.2) is 0 Å². The molecule has 0 saturated carbocycles. The molecule has 1 unspecified atom stereocenters. The van der Waals surface area contributed by atoms with Crippen molar-refractivity contribution in [2.24, 2.45) is 7.05 Å². The maximum Gasteiger partial charge on any atom is 0.125 e. The third-order valence-electron chi connectivity index (χ3n) is 2.36. The molecule has 0 amide bonds. The van der Waals surface area contributed by atoms with Crippen molar-refractivity contribution >= 4 is 0 Å². The van der Waals surface area contributed by atoms with E-state index in [4.69, 9.17) is 0 Å². The Kier molecular flexibility index (Phi) is 3.96. The van der Waals surface area contributed by atoms with Crippen LogP contribution in [0.15, 0.2) is 12.4 Å². The summed E-state index contributed by atoms with van der Waals surface area (Å²) < 4.78 is 2.08. The normalized spacial score (nSPS) is 13.2. The lowest BCUT2D eigenvalue weighted by molar-refractivity contribution is 0.485. The molecule has 1 atom stereocenters. The Labute approximate surface area is 80.2 Å². The van der Waals surface area contributed by atoms with E-state index in [0.29, 0.717) is 6.04 Å². The summed E-state index contributed by atoms with van der Waals surface area (Å²) >= 11 is 0. The summed E-state index contributed by atoms with van der Waals surface area (Å²) in [6, 6.07) is 0.403. The topological polar surface area (TPSA) is 29.9 Å². The number of nitrogens with one attached hydrogen (secondary N) is 1. The van der Waals surface area contributed by atoms with E-state index in [9.17, 15) is 0 Å². The lowest BCUT2D eigenvalue weighted by Gasteiger charge is -2.15. The third kappa shape index (κ3) is 2.56. The Hall–Kier alpha value is -0.830. The Morgan fingerprint density at radius 1 is 1.62 bits per heavy atom. The van der Waals surface area contributed by atoms with E-state index in [-0.39, 0.29) is 0 Å². The van der Waals surface area contributed by atoms with Gasteiger partial charge in [0.05, 0.1) is 6.04 Å². The van der Waals surface area contributed by atoms with E-state index < -0.39 is 0 Å². The highest BCUT2D eigenvalue weighted by Crippen LogP contribution is 2.16. The van der Waals surface area contributed by atoms with E-state index in [1.54, 1.807) is 0 Å². The highest BCUT2D eigenvalue weighted by atomic mass is 15.1. The number of hydrogen-bond donors (Lipinski definition) is 1. The molecule has 3 heteroatoms. The van der Waals surface area contributed by atoms with Crippen LogP contribution in [0.25, 0.3) is 0 Å². The number of unbranched alkanes of at least 4 members (excludes halogenated alkanes) is 1. The summed E-state index contributed by atoms with van der Waals surface area (Å²) in [6.07, 6.45) is 7.50. The lowest BCUT2D eigenvalue weighted by Crippen LogP contribution is -2.19. The lowest BCUT2D eigenvalue weighted by atomic mass is 10.1. The molecule has 0 spiro atoms. The van der Waals surface area contributed by atoms with Crippen molar-refractivity contribution in [3.8, 4) is 0 Å². The third-order valence-corrected chi connectivity index (χ3v) is 2.36. The van der Waals surface area contributed by atoms with Crippen LogP contribution in [0.2, 0.25) is 0 Å². The van der Waals surface area contributed by atoms with Gasteiger partial charge in [0.2, 0.25) is 0 Å². The molecule has 1 N–H and O–H groups in total. The zero-order valence-electron chi connectivity index (χ0n) is 8.75. The predicted molar refractivity (Wildman–Crippen MR) is 54.5 cm³/mol. The first-order valence-electron chi connectivity index (χ1n) is 4.94. The van der Waals surface area contributed by atoms with Gasteiger partial charge >= 0.3 is 0 Å². The number of aryl methyl sites for hydroxylation is 1. The fourth-order valence-electron chi connectivity index (χ4n) is 1.52. The molecule has 3 nitrogen and oxygen atoms in total. The van der Waals surface area contributed by atoms with Crippen LogP contribution in [-0.2, 0) is 7.05 Å². The first-order valence-corrected chi connectivity index (χ1v) is 4.94. The standard InChI is InChI=1S/C10H19N3/c1-4-5-6-9(11-2)10-12-7-8-13(10)3/h7-9,11H,4-6H2,1-3H3. The summed E-state index contributed by atoms with van der Waals surface area (Å²) in [6.45, 7) is 2.21. The van der Waals surface area contributed by atoms with E-state index in [2.05, 4.69) is 21.8 Å². The molecule has 0 radical (unpaired) electrons. The Morgan fingerprint density at radius 3 is 2.85 bits per heavy atom. The van der Waals surface area contributed by atoms with Crippen molar-refractivity contribution in [3.63, 3.8) is 0 Å². The Balaban J connectivity index is 2.61. The van der Waals surface area contributed by atoms with Crippen molar-refractivity contribution in [1.82, 2.24) is 14.9 Å². The quantitative estimate of drug-likeness (QED) is 0.751. The van der Waals surface area contributed by atoms with E-state index in [1.807, 2.05) is 26.5 Å². The van der Waals surface area contributed by atoms with Crippen molar-refractivity contribution < 1.29 is 0 Å². The average molecular weight is 181 g/mol. The van der Waals surface area contributed by atoms with Crippen molar-refractivity contribution in [2.45, 2.75) is 32.2 Å². The Bertz CT molecular complexity index is 242. The molecule has 1 rings (SSSR count). The molecule has 0 bridgehead atoms. The second-order valence-electron chi connectivity index (χ2n) is 3.38. The van der Waals surface area contributed by atoms with Gasteiger partial charge in [0.1, 0.15) is 5.82 Å². The number of nitrogens with zero attached hydrogens (tertiary/aromatic N) is 2. The van der Waals surface area contributed by atoms with Gasteiger partial charge in [0.25, 0.3) is 0 Å². The van der Waals surface area contributed by atoms with E-state index in [1.165, 1.54) is 12.8 Å². The first kappa shape index (κ1) is 10.3. The monoisotopic (exact) mass is 181 g/mol. The van der Waals surface area contributed by atoms with Gasteiger partial charge in [-0.25, -0.2) is 4.98 Å². The van der Waals surface area contributed by atoms with Gasteiger partial charge in [-0.15, -0.1) is 0 Å². The van der Waals surface area contributed by atoms with Crippen LogP contribution in [-0.4, -0.2) is 16.6 Å². The van der Waals surface area contributed by atoms with E-state index in [0.717, 1.165) is 12.2 Å². The Morgan fingerprint density at radius 2 is 2.38 bits per heavy atom. The highest BCUT2D eigenvalue weighted by Gasteiger charge is 2.12. The number of imidazole rings is 1. The molecule has 13 heavy (non-hydrogen) atoms. The maximum absolute atomic E-state index is 4.34. The summed E-state index contributed by atoms with van der Waals surface area (Å²) in [7, 11) is 4.04. The summed E-state index contributed by atoms with van der Waals surface area (Å²) in [5.41, 5.74) is 0. The predicted octanol–water partition coefficient (Wildman–Crippen LogP) is 1.87. The molecule has 0 aliphatic heterocycles. The molecular formula is C10H19N3. The van der Waals surface area contributed by atoms with Gasteiger partial charge in [-0.2, -0.15) is 0 Å². The molecule has 0 saturated heterocycles. The van der Waals surface area contributed by atoms with Crippen LogP contribution in [0.1, 0.15) is 38.1 Å². The molecular weight excluding hydrogens is 162 g/mol. The SMILES string of the molecule is CCCCC(NC)c1nccn1C. The van der Waals surface area contributed by atoms with Gasteiger partial charge in [0, 0.05) is 19.4 Å². The second kappa shape index (κ2) is 5.02. The fraction of sp³-hybridized carbons (Fsp3) is 0.700. The summed E-state index contributed by atoms with van der Waals surface area (Å²) in [5.74, 6) is 1.14. The van der Waals surface area contributed by atoms with Crippen LogP contribution in [0, 0.1) is 0 Å². The van der Waals surface area contributed by atoms with Crippen LogP contribution in [0.3, 0.4) is 0 Å². The molecule has 0 fully saturated rings. The second-order valence-corrected chi connectivity index (χ2v) is 3.38. The molecule has 1 aromatic rings. The van der Waals surface area contributed by atoms with E-state index >= 15 is 0 Å². The largest absolute Gasteiger partial charge is 0.337 e. The van der Waals surface area contributed by atoms with Crippen molar-refractivity contribution in [1.29, 1.82) is 0 Å². The minimum absolute atomic E-state index is 0.403. The molecule has 0 aliphatic carbocycles. The number of rotatable bonds is 5. The van der Waals surface area contributed by atoms with Crippen LogP contribution >= 0.6 is 0 Å². The summed E-state index contributed by atoms with van der Waals surface area (Å²) in [4.78, 5) is 4.34. The zero-order valence-corrected chi connectivity index (χ0v) is 8.75. The van der Waals surface area contributed by atoms with Gasteiger partial charge in [-0.1, -0.05) is 19.8 Å².